The molecule has 4 nitrogen and oxygen atoms in total. The predicted octanol–water partition coefficient (Wildman–Crippen LogP) is 3.50. The number of carbonyl (C=O) groups is 1. The van der Waals surface area contributed by atoms with Crippen LogP contribution in [0.4, 0.5) is 0 Å². The van der Waals surface area contributed by atoms with E-state index in [0.717, 1.165) is 18.7 Å². The Morgan fingerprint density at radius 2 is 2.15 bits per heavy atom. The highest BCUT2D eigenvalue weighted by Crippen LogP contribution is 2.35. The van der Waals surface area contributed by atoms with Gasteiger partial charge in [-0.1, -0.05) is 20.8 Å². The fourth-order valence-electron chi connectivity index (χ4n) is 3.02. The van der Waals surface area contributed by atoms with Gasteiger partial charge in [0.1, 0.15) is 5.76 Å². The van der Waals surface area contributed by atoms with Crippen molar-refractivity contribution in [3.8, 4) is 0 Å². The van der Waals surface area contributed by atoms with E-state index in [1.54, 1.807) is 6.07 Å². The zero-order chi connectivity index (χ0) is 14.9. The van der Waals surface area contributed by atoms with Crippen LogP contribution in [-0.2, 0) is 11.3 Å². The van der Waals surface area contributed by atoms with E-state index in [2.05, 4.69) is 25.7 Å². The third-order valence-corrected chi connectivity index (χ3v) is 3.92. The van der Waals surface area contributed by atoms with E-state index in [9.17, 15) is 9.90 Å². The molecule has 0 bridgehead atoms. The lowest BCUT2D eigenvalue weighted by Gasteiger charge is -2.25. The lowest BCUT2D eigenvalue weighted by atomic mass is 9.80. The number of likely N-dealkylation sites (tertiary alicyclic amines) is 1. The Morgan fingerprint density at radius 1 is 1.45 bits per heavy atom. The molecule has 1 aromatic rings. The maximum Gasteiger partial charge on any atom is 0.308 e. The van der Waals surface area contributed by atoms with Crippen molar-refractivity contribution in [3.63, 3.8) is 0 Å². The topological polar surface area (TPSA) is 53.7 Å². The third-order valence-electron chi connectivity index (χ3n) is 3.72. The van der Waals surface area contributed by atoms with E-state index >= 15 is 0 Å². The van der Waals surface area contributed by atoms with Gasteiger partial charge in [-0.3, -0.25) is 9.69 Å². The second-order valence-corrected chi connectivity index (χ2v) is 7.24. The molecule has 1 aliphatic heterocycles. The first-order valence-corrected chi connectivity index (χ1v) is 7.32. The van der Waals surface area contributed by atoms with Gasteiger partial charge in [0.15, 0.2) is 5.22 Å². The summed E-state index contributed by atoms with van der Waals surface area (Å²) in [6.07, 6.45) is 0.916. The van der Waals surface area contributed by atoms with Crippen LogP contribution >= 0.6 is 11.6 Å². The summed E-state index contributed by atoms with van der Waals surface area (Å²) >= 11 is 5.76. The summed E-state index contributed by atoms with van der Waals surface area (Å²) in [5.41, 5.74) is 0.141. The summed E-state index contributed by atoms with van der Waals surface area (Å²) in [4.78, 5) is 13.6. The molecule has 0 aromatic carbocycles. The summed E-state index contributed by atoms with van der Waals surface area (Å²) < 4.78 is 5.35. The van der Waals surface area contributed by atoms with Gasteiger partial charge in [0.05, 0.1) is 12.5 Å². The Labute approximate surface area is 124 Å². The molecule has 1 aromatic heterocycles. The highest BCUT2D eigenvalue weighted by atomic mass is 35.5. The second kappa shape index (κ2) is 5.78. The van der Waals surface area contributed by atoms with E-state index in [-0.39, 0.29) is 17.3 Å². The van der Waals surface area contributed by atoms with Crippen molar-refractivity contribution in [2.45, 2.75) is 33.7 Å². The zero-order valence-electron chi connectivity index (χ0n) is 12.2. The summed E-state index contributed by atoms with van der Waals surface area (Å²) in [6.45, 7) is 8.46. The van der Waals surface area contributed by atoms with Crippen LogP contribution in [-0.4, -0.2) is 29.1 Å². The third kappa shape index (κ3) is 4.00. The Balaban J connectivity index is 2.02. The van der Waals surface area contributed by atoms with Crippen LogP contribution in [0.5, 0.6) is 0 Å². The summed E-state index contributed by atoms with van der Waals surface area (Å²) in [5, 5.41) is 9.77. The van der Waals surface area contributed by atoms with Crippen molar-refractivity contribution < 1.29 is 14.3 Å². The summed E-state index contributed by atoms with van der Waals surface area (Å²) in [6, 6.07) is 3.56. The zero-order valence-corrected chi connectivity index (χ0v) is 13.0. The molecular weight excluding hydrogens is 278 g/mol. The largest absolute Gasteiger partial charge is 0.481 e. The quantitative estimate of drug-likeness (QED) is 0.924. The Morgan fingerprint density at radius 3 is 2.65 bits per heavy atom. The number of nitrogens with zero attached hydrogens (tertiary/aromatic N) is 1. The van der Waals surface area contributed by atoms with Gasteiger partial charge in [-0.05, 0) is 41.5 Å². The molecule has 20 heavy (non-hydrogen) atoms. The maximum atomic E-state index is 11.4. The van der Waals surface area contributed by atoms with Crippen LogP contribution in [0.15, 0.2) is 16.5 Å². The molecule has 0 aliphatic carbocycles. The first-order chi connectivity index (χ1) is 9.24. The van der Waals surface area contributed by atoms with Crippen molar-refractivity contribution in [2.24, 2.45) is 17.3 Å². The van der Waals surface area contributed by atoms with Crippen LogP contribution < -0.4 is 0 Å². The average Bonchev–Trinajstić information content (AvgIpc) is 2.84. The normalized spacial score (nSPS) is 24.2. The lowest BCUT2D eigenvalue weighted by Crippen LogP contribution is -2.25. The molecule has 0 amide bonds. The first-order valence-electron chi connectivity index (χ1n) is 6.94. The van der Waals surface area contributed by atoms with Gasteiger partial charge in [0, 0.05) is 13.1 Å². The smallest absolute Gasteiger partial charge is 0.308 e. The fraction of sp³-hybridized carbons (Fsp3) is 0.667. The number of halogens is 1. The van der Waals surface area contributed by atoms with Crippen molar-refractivity contribution in [3.05, 3.63) is 23.1 Å². The van der Waals surface area contributed by atoms with Gasteiger partial charge in [-0.25, -0.2) is 0 Å². The van der Waals surface area contributed by atoms with E-state index in [1.165, 1.54) is 0 Å². The number of carboxylic acid groups (broad SMARTS) is 1. The van der Waals surface area contributed by atoms with Crippen molar-refractivity contribution >= 4 is 17.6 Å². The summed E-state index contributed by atoms with van der Waals surface area (Å²) in [7, 11) is 0. The van der Waals surface area contributed by atoms with Gasteiger partial charge < -0.3 is 9.52 Å². The SMILES string of the molecule is CC(C)(C)C[C@@H]1CN(Cc2ccc(Cl)o2)C[C@H]1C(=O)O. The summed E-state index contributed by atoms with van der Waals surface area (Å²) in [5.74, 6) is -0.00707. The van der Waals surface area contributed by atoms with Crippen LogP contribution in [0.25, 0.3) is 0 Å². The first kappa shape index (κ1) is 15.4. The Hall–Kier alpha value is -1.00. The standard InChI is InChI=1S/C15H22ClNO3/c1-15(2,3)6-10-7-17(9-12(10)14(18)19)8-11-4-5-13(16)20-11/h4-5,10,12H,6-9H2,1-3H3,(H,18,19)/t10-,12-/m1/s1. The van der Waals surface area contributed by atoms with E-state index < -0.39 is 5.97 Å². The maximum absolute atomic E-state index is 11.4. The second-order valence-electron chi connectivity index (χ2n) is 6.87. The molecule has 1 fully saturated rings. The minimum absolute atomic E-state index is 0.141. The highest BCUT2D eigenvalue weighted by molar-refractivity contribution is 6.28. The minimum atomic E-state index is -0.695. The van der Waals surface area contributed by atoms with E-state index in [0.29, 0.717) is 18.3 Å². The molecule has 1 saturated heterocycles. The number of aliphatic carboxylic acids is 1. The van der Waals surface area contributed by atoms with Crippen LogP contribution in [0.3, 0.4) is 0 Å². The number of furan rings is 1. The van der Waals surface area contributed by atoms with E-state index in [1.807, 2.05) is 6.07 Å². The Kier molecular flexibility index (Phi) is 4.45. The highest BCUT2D eigenvalue weighted by Gasteiger charge is 2.39. The van der Waals surface area contributed by atoms with Crippen LogP contribution in [0.1, 0.15) is 33.0 Å². The molecule has 5 heteroatoms. The average molecular weight is 300 g/mol. The number of rotatable bonds is 4. The van der Waals surface area contributed by atoms with Gasteiger partial charge in [0.25, 0.3) is 0 Å². The minimum Gasteiger partial charge on any atom is -0.481 e. The molecule has 0 radical (unpaired) electrons. The Bertz CT molecular complexity index is 478. The molecule has 2 heterocycles. The van der Waals surface area contributed by atoms with Crippen molar-refractivity contribution in [2.75, 3.05) is 13.1 Å². The lowest BCUT2D eigenvalue weighted by molar-refractivity contribution is -0.142. The molecular formula is C15H22ClNO3. The molecule has 0 saturated carbocycles. The molecule has 2 rings (SSSR count). The van der Waals surface area contributed by atoms with Crippen LogP contribution in [0.2, 0.25) is 5.22 Å². The molecule has 0 unspecified atom stereocenters. The van der Waals surface area contributed by atoms with Gasteiger partial charge in [-0.2, -0.15) is 0 Å². The van der Waals surface area contributed by atoms with Crippen molar-refractivity contribution in [1.29, 1.82) is 0 Å². The van der Waals surface area contributed by atoms with Gasteiger partial charge >= 0.3 is 5.97 Å². The number of hydrogen-bond donors (Lipinski definition) is 1. The molecule has 1 N–H and O–H groups in total. The molecule has 0 spiro atoms. The van der Waals surface area contributed by atoms with Crippen LogP contribution in [0, 0.1) is 17.3 Å². The fourth-order valence-corrected chi connectivity index (χ4v) is 3.18. The number of carboxylic acids is 1. The van der Waals surface area contributed by atoms with Crippen molar-refractivity contribution in [1.82, 2.24) is 4.90 Å². The molecule has 1 aliphatic rings. The number of hydrogen-bond acceptors (Lipinski definition) is 3. The predicted molar refractivity (Wildman–Crippen MR) is 77.7 cm³/mol. The molecule has 2 atom stereocenters. The van der Waals surface area contributed by atoms with E-state index in [4.69, 9.17) is 16.0 Å². The van der Waals surface area contributed by atoms with Gasteiger partial charge in [-0.15, -0.1) is 0 Å². The molecule has 112 valence electrons. The monoisotopic (exact) mass is 299 g/mol. The van der Waals surface area contributed by atoms with Gasteiger partial charge in [0.2, 0.25) is 0 Å².